The second-order valence-electron chi connectivity index (χ2n) is 3.36. The van der Waals surface area contributed by atoms with Gasteiger partial charge >= 0.3 is 0 Å². The smallest absolute Gasteiger partial charge is 0.119 e. The molecule has 0 N–H and O–H groups in total. The van der Waals surface area contributed by atoms with Crippen LogP contribution in [0.4, 0.5) is 5.69 Å². The summed E-state index contributed by atoms with van der Waals surface area (Å²) in [5.74, 6) is 0.912. The zero-order valence-electron chi connectivity index (χ0n) is 8.44. The molecule has 1 aliphatic heterocycles. The Bertz CT molecular complexity index is 278. The molecular formula is C11H15N2O. The number of piperazine rings is 1. The molecule has 0 spiro atoms. The van der Waals surface area contributed by atoms with Crippen LogP contribution in [-0.2, 0) is 0 Å². The predicted molar refractivity (Wildman–Crippen MR) is 57.1 cm³/mol. The van der Waals surface area contributed by atoms with Crippen molar-refractivity contribution in [1.82, 2.24) is 5.32 Å². The van der Waals surface area contributed by atoms with E-state index >= 15 is 0 Å². The summed E-state index contributed by atoms with van der Waals surface area (Å²) >= 11 is 0. The highest BCUT2D eigenvalue weighted by molar-refractivity contribution is 5.49. The van der Waals surface area contributed by atoms with Crippen LogP contribution in [0.2, 0.25) is 0 Å². The molecule has 1 radical (unpaired) electrons. The van der Waals surface area contributed by atoms with Crippen molar-refractivity contribution < 1.29 is 4.74 Å². The lowest BCUT2D eigenvalue weighted by Crippen LogP contribution is -2.40. The summed E-state index contributed by atoms with van der Waals surface area (Å²) in [4.78, 5) is 2.35. The third-order valence-corrected chi connectivity index (χ3v) is 2.49. The summed E-state index contributed by atoms with van der Waals surface area (Å²) in [6.07, 6.45) is 0. The summed E-state index contributed by atoms with van der Waals surface area (Å²) in [6, 6.07) is 8.20. The van der Waals surface area contributed by atoms with Crippen molar-refractivity contribution in [2.45, 2.75) is 0 Å². The van der Waals surface area contributed by atoms with Crippen molar-refractivity contribution in [3.63, 3.8) is 0 Å². The molecule has 3 heteroatoms. The maximum atomic E-state index is 5.12. The molecule has 3 nitrogen and oxygen atoms in total. The number of anilines is 1. The topological polar surface area (TPSA) is 26.6 Å². The van der Waals surface area contributed by atoms with Gasteiger partial charge < -0.3 is 9.64 Å². The Morgan fingerprint density at radius 1 is 1.14 bits per heavy atom. The maximum absolute atomic E-state index is 5.12. The van der Waals surface area contributed by atoms with Gasteiger partial charge in [-0.15, -0.1) is 0 Å². The molecule has 1 aliphatic rings. The van der Waals surface area contributed by atoms with Gasteiger partial charge in [0.05, 0.1) is 7.11 Å². The van der Waals surface area contributed by atoms with E-state index in [0.29, 0.717) is 0 Å². The van der Waals surface area contributed by atoms with Crippen LogP contribution in [0.25, 0.3) is 0 Å². The van der Waals surface area contributed by atoms with Crippen molar-refractivity contribution in [3.05, 3.63) is 24.3 Å². The van der Waals surface area contributed by atoms with Crippen molar-refractivity contribution in [3.8, 4) is 5.75 Å². The maximum Gasteiger partial charge on any atom is 0.119 e. The lowest BCUT2D eigenvalue weighted by atomic mass is 10.2. The molecule has 75 valence electrons. The highest BCUT2D eigenvalue weighted by Crippen LogP contribution is 2.19. The van der Waals surface area contributed by atoms with Gasteiger partial charge in [0.15, 0.2) is 0 Å². The number of nitrogens with zero attached hydrogens (tertiary/aromatic N) is 2. The SMILES string of the molecule is COc1ccc(N2CC[N]CC2)cc1. The van der Waals surface area contributed by atoms with Crippen molar-refractivity contribution >= 4 is 5.69 Å². The first-order valence-corrected chi connectivity index (χ1v) is 4.92. The van der Waals surface area contributed by atoms with E-state index in [0.717, 1.165) is 31.9 Å². The Morgan fingerprint density at radius 2 is 1.79 bits per heavy atom. The normalized spacial score (nSPS) is 16.8. The molecule has 2 rings (SSSR count). The van der Waals surface area contributed by atoms with Gasteiger partial charge in [0, 0.05) is 31.9 Å². The summed E-state index contributed by atoms with van der Waals surface area (Å²) in [7, 11) is 1.69. The Balaban J connectivity index is 2.07. The van der Waals surface area contributed by atoms with Gasteiger partial charge in [-0.05, 0) is 24.3 Å². The van der Waals surface area contributed by atoms with Crippen LogP contribution in [0.5, 0.6) is 5.75 Å². The first-order chi connectivity index (χ1) is 6.90. The molecule has 0 amide bonds. The van der Waals surface area contributed by atoms with Gasteiger partial charge in [0.1, 0.15) is 5.75 Å². The van der Waals surface area contributed by atoms with Gasteiger partial charge in [0.25, 0.3) is 0 Å². The lowest BCUT2D eigenvalue weighted by molar-refractivity contribution is 0.415. The summed E-state index contributed by atoms with van der Waals surface area (Å²) in [5, 5.41) is 4.32. The minimum atomic E-state index is 0.912. The molecule has 1 fully saturated rings. The average molecular weight is 191 g/mol. The largest absolute Gasteiger partial charge is 0.497 e. The third-order valence-electron chi connectivity index (χ3n) is 2.49. The van der Waals surface area contributed by atoms with Crippen LogP contribution in [0.3, 0.4) is 0 Å². The lowest BCUT2D eigenvalue weighted by Gasteiger charge is -2.28. The van der Waals surface area contributed by atoms with Gasteiger partial charge in [-0.2, -0.15) is 0 Å². The van der Waals surface area contributed by atoms with E-state index in [1.54, 1.807) is 7.11 Å². The van der Waals surface area contributed by atoms with Crippen LogP contribution in [0, 0.1) is 0 Å². The quantitative estimate of drug-likeness (QED) is 0.700. The van der Waals surface area contributed by atoms with Gasteiger partial charge in [-0.25, -0.2) is 5.32 Å². The molecular weight excluding hydrogens is 176 g/mol. The van der Waals surface area contributed by atoms with E-state index in [-0.39, 0.29) is 0 Å². The van der Waals surface area contributed by atoms with E-state index in [1.807, 2.05) is 12.1 Å². The Labute approximate surface area is 84.7 Å². The molecule has 0 atom stereocenters. The molecule has 1 aromatic carbocycles. The summed E-state index contributed by atoms with van der Waals surface area (Å²) in [6.45, 7) is 3.97. The fraction of sp³-hybridized carbons (Fsp3) is 0.455. The van der Waals surface area contributed by atoms with E-state index in [2.05, 4.69) is 22.3 Å². The van der Waals surface area contributed by atoms with Crippen LogP contribution in [0.1, 0.15) is 0 Å². The highest BCUT2D eigenvalue weighted by atomic mass is 16.5. The van der Waals surface area contributed by atoms with E-state index < -0.39 is 0 Å². The second-order valence-corrected chi connectivity index (χ2v) is 3.36. The zero-order chi connectivity index (χ0) is 9.80. The van der Waals surface area contributed by atoms with E-state index in [4.69, 9.17) is 4.74 Å². The molecule has 1 aromatic rings. The average Bonchev–Trinajstić information content (AvgIpc) is 2.30. The number of methoxy groups -OCH3 is 1. The minimum Gasteiger partial charge on any atom is -0.497 e. The van der Waals surface area contributed by atoms with Crippen molar-refractivity contribution in [2.75, 3.05) is 38.2 Å². The minimum absolute atomic E-state index is 0.912. The first-order valence-electron chi connectivity index (χ1n) is 4.92. The molecule has 0 aliphatic carbocycles. The number of ether oxygens (including phenoxy) is 1. The van der Waals surface area contributed by atoms with Crippen LogP contribution < -0.4 is 15.0 Å². The van der Waals surface area contributed by atoms with Gasteiger partial charge in [0.2, 0.25) is 0 Å². The third kappa shape index (κ3) is 1.99. The molecule has 0 bridgehead atoms. The fourth-order valence-electron chi connectivity index (χ4n) is 1.66. The number of hydrogen-bond acceptors (Lipinski definition) is 2. The molecule has 1 heterocycles. The molecule has 1 saturated heterocycles. The zero-order valence-corrected chi connectivity index (χ0v) is 8.44. The monoisotopic (exact) mass is 191 g/mol. The van der Waals surface area contributed by atoms with Crippen molar-refractivity contribution in [1.29, 1.82) is 0 Å². The number of benzene rings is 1. The van der Waals surface area contributed by atoms with Crippen molar-refractivity contribution in [2.24, 2.45) is 0 Å². The van der Waals surface area contributed by atoms with Gasteiger partial charge in [-0.3, -0.25) is 0 Å². The number of hydrogen-bond donors (Lipinski definition) is 0. The molecule has 0 unspecified atom stereocenters. The Hall–Kier alpha value is -1.22. The fourth-order valence-corrected chi connectivity index (χ4v) is 1.66. The van der Waals surface area contributed by atoms with E-state index in [9.17, 15) is 0 Å². The standard InChI is InChI=1S/C11H15N2O/c1-14-11-4-2-10(3-5-11)13-8-6-12-7-9-13/h2-5H,6-9H2,1H3. The van der Waals surface area contributed by atoms with Crippen LogP contribution >= 0.6 is 0 Å². The first kappa shape index (κ1) is 9.34. The highest BCUT2D eigenvalue weighted by Gasteiger charge is 2.10. The Kier molecular flexibility index (Phi) is 2.89. The molecule has 0 aromatic heterocycles. The second kappa shape index (κ2) is 4.33. The van der Waals surface area contributed by atoms with Crippen LogP contribution in [0.15, 0.2) is 24.3 Å². The van der Waals surface area contributed by atoms with Gasteiger partial charge in [-0.1, -0.05) is 0 Å². The van der Waals surface area contributed by atoms with Crippen LogP contribution in [-0.4, -0.2) is 33.3 Å². The summed E-state index contributed by atoms with van der Waals surface area (Å²) in [5.41, 5.74) is 1.26. The molecule has 14 heavy (non-hydrogen) atoms. The number of rotatable bonds is 2. The van der Waals surface area contributed by atoms with E-state index in [1.165, 1.54) is 5.69 Å². The predicted octanol–water partition coefficient (Wildman–Crippen LogP) is 1.12. The Morgan fingerprint density at radius 3 is 2.36 bits per heavy atom. The summed E-state index contributed by atoms with van der Waals surface area (Å²) < 4.78 is 5.12. The molecule has 0 saturated carbocycles.